The number of aryl methyl sites for hydroxylation is 1. The molecule has 0 bridgehead atoms. The molecule has 0 atom stereocenters. The molecule has 4 heteroatoms. The Labute approximate surface area is 84.5 Å². The fraction of sp³-hybridized carbons (Fsp3) is 0.800. The lowest BCUT2D eigenvalue weighted by Crippen LogP contribution is -2.14. The van der Waals surface area contributed by atoms with Crippen LogP contribution in [-0.4, -0.2) is 21.3 Å². The number of nitrogens with two attached hydrogens (primary N) is 1. The van der Waals surface area contributed by atoms with Crippen molar-refractivity contribution in [3.63, 3.8) is 0 Å². The topological polar surface area (TPSA) is 56.7 Å². The molecule has 0 amide bonds. The van der Waals surface area contributed by atoms with Gasteiger partial charge in [-0.15, -0.1) is 10.2 Å². The highest BCUT2D eigenvalue weighted by Crippen LogP contribution is 2.30. The van der Waals surface area contributed by atoms with Crippen LogP contribution >= 0.6 is 0 Å². The molecule has 1 aromatic rings. The molecule has 0 radical (unpaired) electrons. The molecular formula is C10H18N4. The lowest BCUT2D eigenvalue weighted by atomic mass is 10.2. The van der Waals surface area contributed by atoms with Crippen LogP contribution in [-0.2, 0) is 6.42 Å². The van der Waals surface area contributed by atoms with Crippen LogP contribution in [0.5, 0.6) is 0 Å². The largest absolute Gasteiger partial charge is 0.330 e. The van der Waals surface area contributed by atoms with E-state index in [0.29, 0.717) is 12.6 Å². The zero-order chi connectivity index (χ0) is 9.97. The highest BCUT2D eigenvalue weighted by atomic mass is 15.3. The van der Waals surface area contributed by atoms with Gasteiger partial charge in [0.15, 0.2) is 0 Å². The lowest BCUT2D eigenvalue weighted by molar-refractivity contribution is 0.486. The Morgan fingerprint density at radius 1 is 1.36 bits per heavy atom. The second kappa shape index (κ2) is 4.09. The third kappa shape index (κ3) is 1.66. The van der Waals surface area contributed by atoms with Crippen molar-refractivity contribution < 1.29 is 0 Å². The van der Waals surface area contributed by atoms with Gasteiger partial charge in [-0.25, -0.2) is 0 Å². The molecule has 0 aliphatic heterocycles. The molecule has 0 spiro atoms. The molecule has 2 N–H and O–H groups in total. The van der Waals surface area contributed by atoms with Gasteiger partial charge >= 0.3 is 0 Å². The van der Waals surface area contributed by atoms with E-state index in [1.54, 1.807) is 0 Å². The van der Waals surface area contributed by atoms with E-state index in [9.17, 15) is 0 Å². The Hall–Kier alpha value is -0.900. The molecule has 2 rings (SSSR count). The summed E-state index contributed by atoms with van der Waals surface area (Å²) in [5, 5.41) is 8.32. The molecule has 0 unspecified atom stereocenters. The number of rotatable bonds is 3. The maximum absolute atomic E-state index is 5.56. The summed E-state index contributed by atoms with van der Waals surface area (Å²) in [6.07, 6.45) is 6.07. The SMILES string of the molecule is Cc1nnc(CCN)n1C1CCCC1. The van der Waals surface area contributed by atoms with Gasteiger partial charge < -0.3 is 10.3 Å². The predicted molar refractivity (Wildman–Crippen MR) is 55.0 cm³/mol. The molecule has 1 aliphatic rings. The van der Waals surface area contributed by atoms with Crippen molar-refractivity contribution in [3.8, 4) is 0 Å². The van der Waals surface area contributed by atoms with Gasteiger partial charge in [-0.3, -0.25) is 0 Å². The first-order valence-electron chi connectivity index (χ1n) is 5.43. The van der Waals surface area contributed by atoms with E-state index >= 15 is 0 Å². The van der Waals surface area contributed by atoms with Gasteiger partial charge in [-0.2, -0.15) is 0 Å². The normalized spacial score (nSPS) is 17.9. The molecule has 4 nitrogen and oxygen atoms in total. The van der Waals surface area contributed by atoms with Crippen LogP contribution in [0.1, 0.15) is 43.4 Å². The van der Waals surface area contributed by atoms with Crippen LogP contribution in [0.3, 0.4) is 0 Å². The highest BCUT2D eigenvalue weighted by molar-refractivity contribution is 4.98. The van der Waals surface area contributed by atoms with E-state index in [-0.39, 0.29) is 0 Å². The Morgan fingerprint density at radius 2 is 2.07 bits per heavy atom. The summed E-state index contributed by atoms with van der Waals surface area (Å²) in [7, 11) is 0. The van der Waals surface area contributed by atoms with Gasteiger partial charge in [-0.05, 0) is 26.3 Å². The van der Waals surface area contributed by atoms with Crippen LogP contribution in [0.4, 0.5) is 0 Å². The van der Waals surface area contributed by atoms with Gasteiger partial charge in [0.1, 0.15) is 11.6 Å². The minimum Gasteiger partial charge on any atom is -0.330 e. The zero-order valence-electron chi connectivity index (χ0n) is 8.74. The maximum Gasteiger partial charge on any atom is 0.134 e. The van der Waals surface area contributed by atoms with Gasteiger partial charge in [-0.1, -0.05) is 12.8 Å². The number of hydrogen-bond donors (Lipinski definition) is 1. The van der Waals surface area contributed by atoms with Gasteiger partial charge in [0.05, 0.1) is 0 Å². The van der Waals surface area contributed by atoms with Gasteiger partial charge in [0.2, 0.25) is 0 Å². The highest BCUT2D eigenvalue weighted by Gasteiger charge is 2.21. The average molecular weight is 194 g/mol. The molecular weight excluding hydrogens is 176 g/mol. The Bertz CT molecular complexity index is 299. The molecule has 1 saturated carbocycles. The molecule has 1 heterocycles. The zero-order valence-corrected chi connectivity index (χ0v) is 8.74. The Morgan fingerprint density at radius 3 is 2.71 bits per heavy atom. The monoisotopic (exact) mass is 194 g/mol. The molecule has 78 valence electrons. The van der Waals surface area contributed by atoms with Gasteiger partial charge in [0, 0.05) is 12.5 Å². The van der Waals surface area contributed by atoms with Crippen LogP contribution < -0.4 is 5.73 Å². The first-order valence-corrected chi connectivity index (χ1v) is 5.43. The van der Waals surface area contributed by atoms with Crippen LogP contribution in [0.25, 0.3) is 0 Å². The van der Waals surface area contributed by atoms with Crippen LogP contribution in [0, 0.1) is 6.92 Å². The van der Waals surface area contributed by atoms with E-state index in [1.807, 2.05) is 6.92 Å². The third-order valence-electron chi connectivity index (χ3n) is 2.99. The van der Waals surface area contributed by atoms with E-state index in [1.165, 1.54) is 25.7 Å². The van der Waals surface area contributed by atoms with Crippen LogP contribution in [0.2, 0.25) is 0 Å². The summed E-state index contributed by atoms with van der Waals surface area (Å²) < 4.78 is 2.29. The minimum atomic E-state index is 0.631. The summed E-state index contributed by atoms with van der Waals surface area (Å²) in [6, 6.07) is 0.631. The first kappa shape index (κ1) is 9.65. The Kier molecular flexibility index (Phi) is 2.82. The standard InChI is InChI=1S/C10H18N4/c1-8-12-13-10(6-7-11)14(8)9-4-2-3-5-9/h9H,2-7,11H2,1H3. The van der Waals surface area contributed by atoms with Gasteiger partial charge in [0.25, 0.3) is 0 Å². The molecule has 0 saturated heterocycles. The van der Waals surface area contributed by atoms with Crippen molar-refractivity contribution in [3.05, 3.63) is 11.6 Å². The van der Waals surface area contributed by atoms with E-state index in [4.69, 9.17) is 5.73 Å². The average Bonchev–Trinajstić information content (AvgIpc) is 2.76. The second-order valence-corrected chi connectivity index (χ2v) is 4.01. The number of nitrogens with zero attached hydrogens (tertiary/aromatic N) is 3. The van der Waals surface area contributed by atoms with Crippen LogP contribution in [0.15, 0.2) is 0 Å². The van der Waals surface area contributed by atoms with Crippen molar-refractivity contribution in [2.75, 3.05) is 6.54 Å². The summed E-state index contributed by atoms with van der Waals surface area (Å²) in [5.74, 6) is 2.11. The van der Waals surface area contributed by atoms with E-state index in [2.05, 4.69) is 14.8 Å². The van der Waals surface area contributed by atoms with Crippen molar-refractivity contribution in [1.82, 2.24) is 14.8 Å². The minimum absolute atomic E-state index is 0.631. The third-order valence-corrected chi connectivity index (χ3v) is 2.99. The fourth-order valence-electron chi connectivity index (χ4n) is 2.35. The summed E-state index contributed by atoms with van der Waals surface area (Å²) in [4.78, 5) is 0. The molecule has 14 heavy (non-hydrogen) atoms. The van der Waals surface area contributed by atoms with Crippen molar-refractivity contribution >= 4 is 0 Å². The molecule has 1 aromatic heterocycles. The number of aromatic nitrogens is 3. The molecule has 1 fully saturated rings. The van der Waals surface area contributed by atoms with E-state index < -0.39 is 0 Å². The number of hydrogen-bond acceptors (Lipinski definition) is 3. The first-order chi connectivity index (χ1) is 6.83. The smallest absolute Gasteiger partial charge is 0.134 e. The second-order valence-electron chi connectivity index (χ2n) is 4.01. The summed E-state index contributed by atoms with van der Waals surface area (Å²) in [5.41, 5.74) is 5.56. The summed E-state index contributed by atoms with van der Waals surface area (Å²) >= 11 is 0. The maximum atomic E-state index is 5.56. The predicted octanol–water partition coefficient (Wildman–Crippen LogP) is 1.20. The van der Waals surface area contributed by atoms with E-state index in [0.717, 1.165) is 18.1 Å². The summed E-state index contributed by atoms with van der Waals surface area (Å²) in [6.45, 7) is 2.69. The molecule has 1 aliphatic carbocycles. The molecule has 0 aromatic carbocycles. The quantitative estimate of drug-likeness (QED) is 0.786. The Balaban J connectivity index is 2.24. The van der Waals surface area contributed by atoms with Crippen molar-refractivity contribution in [1.29, 1.82) is 0 Å². The lowest BCUT2D eigenvalue weighted by Gasteiger charge is -2.15. The van der Waals surface area contributed by atoms with Crippen molar-refractivity contribution in [2.24, 2.45) is 5.73 Å². The van der Waals surface area contributed by atoms with Crippen molar-refractivity contribution in [2.45, 2.75) is 45.1 Å². The fourth-order valence-corrected chi connectivity index (χ4v) is 2.35.